The van der Waals surface area contributed by atoms with Crippen molar-refractivity contribution >= 4 is 30.7 Å². The minimum Gasteiger partial charge on any atom is -0.343 e. The molecule has 1 aliphatic heterocycles. The van der Waals surface area contributed by atoms with Gasteiger partial charge in [-0.05, 0) is 25.0 Å². The van der Waals surface area contributed by atoms with Gasteiger partial charge in [-0.3, -0.25) is 9.78 Å². The fourth-order valence-electron chi connectivity index (χ4n) is 2.85. The number of hydrogen-bond acceptors (Lipinski definition) is 4. The molecule has 5 nitrogen and oxygen atoms in total. The van der Waals surface area contributed by atoms with Gasteiger partial charge in [-0.25, -0.2) is 0 Å². The molecule has 0 spiro atoms. The highest BCUT2D eigenvalue weighted by atomic mass is 35.5. The lowest BCUT2D eigenvalue weighted by molar-refractivity contribution is -0.132. The highest BCUT2D eigenvalue weighted by Crippen LogP contribution is 2.16. The second-order valence-corrected chi connectivity index (χ2v) is 5.69. The van der Waals surface area contributed by atoms with E-state index in [0.717, 1.165) is 44.6 Å². The standard InChI is InChI=1S/C16H26N4O.2ClH/c1-19(16(21)5-9-17)15-7-12-20(13-8-15)11-6-14-4-2-3-10-18-14;;/h2-4,10,15H,5-9,11-13,17H2,1H3;2*1H. The smallest absolute Gasteiger partial charge is 0.223 e. The molecule has 1 aliphatic rings. The van der Waals surface area contributed by atoms with Gasteiger partial charge in [0, 0.05) is 64.0 Å². The quantitative estimate of drug-likeness (QED) is 0.836. The number of piperidine rings is 1. The van der Waals surface area contributed by atoms with E-state index in [9.17, 15) is 4.79 Å². The van der Waals surface area contributed by atoms with E-state index >= 15 is 0 Å². The summed E-state index contributed by atoms with van der Waals surface area (Å²) in [7, 11) is 1.91. The molecule has 2 N–H and O–H groups in total. The minimum atomic E-state index is 0. The molecule has 0 radical (unpaired) electrons. The zero-order chi connectivity index (χ0) is 15.1. The molecule has 0 aromatic carbocycles. The van der Waals surface area contributed by atoms with Crippen LogP contribution in [0.3, 0.4) is 0 Å². The van der Waals surface area contributed by atoms with Crippen LogP contribution in [0.15, 0.2) is 24.4 Å². The van der Waals surface area contributed by atoms with Gasteiger partial charge in [0.05, 0.1) is 0 Å². The van der Waals surface area contributed by atoms with Crippen molar-refractivity contribution in [3.05, 3.63) is 30.1 Å². The van der Waals surface area contributed by atoms with Gasteiger partial charge < -0.3 is 15.5 Å². The highest BCUT2D eigenvalue weighted by Gasteiger charge is 2.24. The molecule has 0 saturated carbocycles. The Morgan fingerprint density at radius 1 is 1.35 bits per heavy atom. The molecule has 0 aliphatic carbocycles. The normalized spacial score (nSPS) is 15.4. The van der Waals surface area contributed by atoms with E-state index in [1.807, 2.05) is 30.3 Å². The van der Waals surface area contributed by atoms with Gasteiger partial charge in [-0.15, -0.1) is 24.8 Å². The van der Waals surface area contributed by atoms with E-state index in [1.165, 1.54) is 0 Å². The molecule has 2 rings (SSSR count). The van der Waals surface area contributed by atoms with Crippen LogP contribution in [0.5, 0.6) is 0 Å². The Kier molecular flexibility index (Phi) is 11.2. The molecule has 23 heavy (non-hydrogen) atoms. The summed E-state index contributed by atoms with van der Waals surface area (Å²) in [5, 5.41) is 0. The molecule has 0 unspecified atom stereocenters. The molecular formula is C16H28Cl2N4O. The van der Waals surface area contributed by atoms with Gasteiger partial charge >= 0.3 is 0 Å². The summed E-state index contributed by atoms with van der Waals surface area (Å²) in [6, 6.07) is 6.43. The third-order valence-electron chi connectivity index (χ3n) is 4.27. The molecule has 132 valence electrons. The Bertz CT molecular complexity index is 439. The summed E-state index contributed by atoms with van der Waals surface area (Å²) in [5.41, 5.74) is 6.60. The first-order valence-corrected chi connectivity index (χ1v) is 7.78. The fourth-order valence-corrected chi connectivity index (χ4v) is 2.85. The van der Waals surface area contributed by atoms with Gasteiger partial charge in [0.15, 0.2) is 0 Å². The number of nitrogens with two attached hydrogens (primary N) is 1. The maximum absolute atomic E-state index is 11.9. The van der Waals surface area contributed by atoms with E-state index in [1.54, 1.807) is 0 Å². The van der Waals surface area contributed by atoms with Gasteiger partial charge in [-0.1, -0.05) is 6.07 Å². The maximum Gasteiger partial charge on any atom is 0.223 e. The van der Waals surface area contributed by atoms with Crippen molar-refractivity contribution in [3.8, 4) is 0 Å². The summed E-state index contributed by atoms with van der Waals surface area (Å²) in [6.45, 7) is 3.59. The largest absolute Gasteiger partial charge is 0.343 e. The Morgan fingerprint density at radius 2 is 2.04 bits per heavy atom. The highest BCUT2D eigenvalue weighted by molar-refractivity contribution is 5.85. The second-order valence-electron chi connectivity index (χ2n) is 5.69. The number of hydrogen-bond donors (Lipinski definition) is 1. The topological polar surface area (TPSA) is 62.5 Å². The summed E-state index contributed by atoms with van der Waals surface area (Å²) < 4.78 is 0. The number of carbonyl (C=O) groups is 1. The van der Waals surface area contributed by atoms with Crippen molar-refractivity contribution in [2.45, 2.75) is 31.7 Å². The molecule has 1 fully saturated rings. The molecule has 1 amide bonds. The van der Waals surface area contributed by atoms with Gasteiger partial charge in [0.25, 0.3) is 0 Å². The van der Waals surface area contributed by atoms with Crippen LogP contribution in [0, 0.1) is 0 Å². The first-order valence-electron chi connectivity index (χ1n) is 7.78. The summed E-state index contributed by atoms with van der Waals surface area (Å²) in [4.78, 5) is 20.6. The zero-order valence-electron chi connectivity index (χ0n) is 13.7. The van der Waals surface area contributed by atoms with Gasteiger partial charge in [0.2, 0.25) is 5.91 Å². The van der Waals surface area contributed by atoms with E-state index in [4.69, 9.17) is 5.73 Å². The van der Waals surface area contributed by atoms with Crippen LogP contribution < -0.4 is 5.73 Å². The number of aromatic nitrogens is 1. The van der Waals surface area contributed by atoms with Crippen LogP contribution in [-0.2, 0) is 11.2 Å². The lowest BCUT2D eigenvalue weighted by Gasteiger charge is -2.36. The average Bonchev–Trinajstić information content (AvgIpc) is 2.54. The molecule has 0 bridgehead atoms. The van der Waals surface area contributed by atoms with Crippen molar-refractivity contribution in [2.24, 2.45) is 5.73 Å². The number of rotatable bonds is 6. The molecule has 1 aromatic heterocycles. The fraction of sp³-hybridized carbons (Fsp3) is 0.625. The number of likely N-dealkylation sites (tertiary alicyclic amines) is 1. The maximum atomic E-state index is 11.9. The third-order valence-corrected chi connectivity index (χ3v) is 4.27. The number of nitrogens with zero attached hydrogens (tertiary/aromatic N) is 3. The van der Waals surface area contributed by atoms with Crippen LogP contribution in [0.2, 0.25) is 0 Å². The Balaban J connectivity index is 0.00000242. The predicted octanol–water partition coefficient (Wildman–Crippen LogP) is 1.74. The first-order chi connectivity index (χ1) is 10.2. The van der Waals surface area contributed by atoms with E-state index < -0.39 is 0 Å². The molecule has 1 aromatic rings. The van der Waals surface area contributed by atoms with Crippen LogP contribution in [0.25, 0.3) is 0 Å². The summed E-state index contributed by atoms with van der Waals surface area (Å²) >= 11 is 0. The Morgan fingerprint density at radius 3 is 2.61 bits per heavy atom. The lowest BCUT2D eigenvalue weighted by Crippen LogP contribution is -2.46. The van der Waals surface area contributed by atoms with Gasteiger partial charge in [0.1, 0.15) is 0 Å². The summed E-state index contributed by atoms with van der Waals surface area (Å²) in [6.07, 6.45) is 5.40. The zero-order valence-corrected chi connectivity index (χ0v) is 15.3. The predicted molar refractivity (Wildman–Crippen MR) is 98.3 cm³/mol. The third kappa shape index (κ3) is 7.04. The lowest BCUT2D eigenvalue weighted by atomic mass is 10.0. The van der Waals surface area contributed by atoms with Crippen molar-refractivity contribution < 1.29 is 4.79 Å². The van der Waals surface area contributed by atoms with E-state index in [2.05, 4.69) is 16.0 Å². The second kappa shape index (κ2) is 11.6. The molecule has 7 heteroatoms. The van der Waals surface area contributed by atoms with Crippen LogP contribution in [-0.4, -0.2) is 60.0 Å². The van der Waals surface area contributed by atoms with Crippen molar-refractivity contribution in [1.29, 1.82) is 0 Å². The van der Waals surface area contributed by atoms with E-state index in [0.29, 0.717) is 19.0 Å². The monoisotopic (exact) mass is 362 g/mol. The summed E-state index contributed by atoms with van der Waals surface area (Å²) in [5.74, 6) is 0.171. The van der Waals surface area contributed by atoms with Crippen LogP contribution in [0.1, 0.15) is 25.0 Å². The van der Waals surface area contributed by atoms with Gasteiger partial charge in [-0.2, -0.15) is 0 Å². The first kappa shape index (κ1) is 22.1. The molecule has 2 heterocycles. The number of halogens is 2. The number of carbonyl (C=O) groups excluding carboxylic acids is 1. The van der Waals surface area contributed by atoms with Crippen LogP contribution in [0.4, 0.5) is 0 Å². The number of pyridine rings is 1. The Hall–Kier alpha value is -0.880. The Labute approximate surface area is 151 Å². The van der Waals surface area contributed by atoms with E-state index in [-0.39, 0.29) is 30.7 Å². The van der Waals surface area contributed by atoms with Crippen LogP contribution >= 0.6 is 24.8 Å². The SMILES string of the molecule is CN(C(=O)CCN)C1CCN(CCc2ccccn2)CC1.Cl.Cl. The minimum absolute atomic E-state index is 0. The van der Waals surface area contributed by atoms with Crippen molar-refractivity contribution in [1.82, 2.24) is 14.8 Å². The molecule has 0 atom stereocenters. The number of amides is 1. The van der Waals surface area contributed by atoms with Crippen molar-refractivity contribution in [2.75, 3.05) is 33.2 Å². The van der Waals surface area contributed by atoms with Crippen molar-refractivity contribution in [3.63, 3.8) is 0 Å². The molecule has 1 saturated heterocycles. The molecular weight excluding hydrogens is 335 g/mol. The average molecular weight is 363 g/mol.